The molecule has 0 fully saturated rings. The lowest BCUT2D eigenvalue weighted by molar-refractivity contribution is -0.144. The van der Waals surface area contributed by atoms with Gasteiger partial charge < -0.3 is 15.4 Å². The molecule has 0 unspecified atom stereocenters. The zero-order valence-electron chi connectivity index (χ0n) is 13.1. The molecule has 0 aliphatic carbocycles. The molecule has 2 amide bonds. The van der Waals surface area contributed by atoms with Crippen molar-refractivity contribution in [3.05, 3.63) is 29.8 Å². The summed E-state index contributed by atoms with van der Waals surface area (Å²) in [5.41, 5.74) is 1.80. The van der Waals surface area contributed by atoms with Gasteiger partial charge >= 0.3 is 12.0 Å². The Hall–Kier alpha value is -2.04. The molecule has 2 N–H and O–H groups in total. The van der Waals surface area contributed by atoms with Gasteiger partial charge in [0, 0.05) is 5.69 Å². The molecule has 5 nitrogen and oxygen atoms in total. The Morgan fingerprint density at radius 3 is 2.48 bits per heavy atom. The van der Waals surface area contributed by atoms with Gasteiger partial charge in [0.25, 0.3) is 0 Å². The second-order valence-corrected chi connectivity index (χ2v) is 5.00. The number of carbonyl (C=O) groups is 2. The Labute approximate surface area is 126 Å². The van der Waals surface area contributed by atoms with Crippen LogP contribution in [0.5, 0.6) is 0 Å². The average molecular weight is 292 g/mol. The summed E-state index contributed by atoms with van der Waals surface area (Å²) < 4.78 is 4.75. The first-order valence-electron chi connectivity index (χ1n) is 7.26. The first kappa shape index (κ1) is 17.0. The van der Waals surface area contributed by atoms with E-state index in [0.717, 1.165) is 24.1 Å². The number of methoxy groups -OCH3 is 1. The zero-order chi connectivity index (χ0) is 15.8. The van der Waals surface area contributed by atoms with Gasteiger partial charge in [0.15, 0.2) is 0 Å². The van der Waals surface area contributed by atoms with Crippen LogP contribution in [0.25, 0.3) is 0 Å². The molecule has 0 saturated heterocycles. The number of rotatable bonds is 6. The summed E-state index contributed by atoms with van der Waals surface area (Å²) in [6, 6.07) is 6.55. The third kappa shape index (κ3) is 4.77. The summed E-state index contributed by atoms with van der Waals surface area (Å²) in [4.78, 5) is 23.9. The smallest absolute Gasteiger partial charge is 0.328 e. The number of hydrogen-bond donors (Lipinski definition) is 2. The number of ether oxygens (including phenoxy) is 1. The van der Waals surface area contributed by atoms with Crippen molar-refractivity contribution in [1.29, 1.82) is 0 Å². The van der Waals surface area contributed by atoms with Crippen molar-refractivity contribution in [2.75, 3.05) is 12.4 Å². The van der Waals surface area contributed by atoms with Gasteiger partial charge in [-0.25, -0.2) is 9.59 Å². The van der Waals surface area contributed by atoms with Crippen molar-refractivity contribution in [1.82, 2.24) is 5.32 Å². The minimum absolute atomic E-state index is 0.00428. The summed E-state index contributed by atoms with van der Waals surface area (Å²) in [7, 11) is 1.32. The number of nitrogens with one attached hydrogen (secondary N) is 2. The molecule has 116 valence electrons. The SMILES string of the molecule is CCc1ccccc1NC(=O)N[C@@H](C(=O)OC)[C@H](C)CC. The van der Waals surface area contributed by atoms with E-state index in [1.165, 1.54) is 7.11 Å². The standard InChI is InChI=1S/C16H24N2O3/c1-5-11(3)14(15(19)21-4)18-16(20)17-13-10-8-7-9-12(13)6-2/h7-11,14H,5-6H2,1-4H3,(H2,17,18,20)/t11-,14-/m1/s1. The highest BCUT2D eigenvalue weighted by molar-refractivity contribution is 5.93. The number of anilines is 1. The molecule has 0 aliphatic heterocycles. The largest absolute Gasteiger partial charge is 0.467 e. The fourth-order valence-corrected chi connectivity index (χ4v) is 2.05. The van der Waals surface area contributed by atoms with E-state index >= 15 is 0 Å². The van der Waals surface area contributed by atoms with Crippen molar-refractivity contribution in [3.8, 4) is 0 Å². The summed E-state index contributed by atoms with van der Waals surface area (Å²) in [6.45, 7) is 5.89. The highest BCUT2D eigenvalue weighted by Gasteiger charge is 2.26. The van der Waals surface area contributed by atoms with Crippen LogP contribution in [0.4, 0.5) is 10.5 Å². The maximum absolute atomic E-state index is 12.1. The number of esters is 1. The van der Waals surface area contributed by atoms with E-state index in [9.17, 15) is 9.59 Å². The topological polar surface area (TPSA) is 67.4 Å². The molecule has 21 heavy (non-hydrogen) atoms. The van der Waals surface area contributed by atoms with Crippen LogP contribution in [0.1, 0.15) is 32.8 Å². The maximum Gasteiger partial charge on any atom is 0.328 e. The van der Waals surface area contributed by atoms with Crippen LogP contribution in [0.3, 0.4) is 0 Å². The minimum Gasteiger partial charge on any atom is -0.467 e. The summed E-state index contributed by atoms with van der Waals surface area (Å²) in [6.07, 6.45) is 1.59. The van der Waals surface area contributed by atoms with Crippen LogP contribution in [-0.2, 0) is 16.0 Å². The van der Waals surface area contributed by atoms with Gasteiger partial charge in [0.1, 0.15) is 6.04 Å². The van der Waals surface area contributed by atoms with E-state index < -0.39 is 18.0 Å². The molecule has 0 spiro atoms. The molecule has 0 heterocycles. The van der Waals surface area contributed by atoms with Crippen LogP contribution in [-0.4, -0.2) is 25.2 Å². The van der Waals surface area contributed by atoms with Crippen LogP contribution in [0.15, 0.2) is 24.3 Å². The van der Waals surface area contributed by atoms with Gasteiger partial charge in [-0.2, -0.15) is 0 Å². The third-order valence-electron chi connectivity index (χ3n) is 3.60. The molecule has 2 atom stereocenters. The molecule has 1 aromatic rings. The lowest BCUT2D eigenvalue weighted by atomic mass is 9.99. The summed E-state index contributed by atoms with van der Waals surface area (Å²) in [5, 5.41) is 5.49. The van der Waals surface area contributed by atoms with Crippen LogP contribution < -0.4 is 10.6 Å². The van der Waals surface area contributed by atoms with Gasteiger partial charge in [-0.1, -0.05) is 45.4 Å². The average Bonchev–Trinajstić information content (AvgIpc) is 2.51. The Morgan fingerprint density at radius 2 is 1.90 bits per heavy atom. The van der Waals surface area contributed by atoms with Gasteiger partial charge in [-0.15, -0.1) is 0 Å². The monoisotopic (exact) mass is 292 g/mol. The molecule has 1 rings (SSSR count). The predicted octanol–water partition coefficient (Wildman–Crippen LogP) is 2.96. The van der Waals surface area contributed by atoms with Crippen LogP contribution >= 0.6 is 0 Å². The van der Waals surface area contributed by atoms with Gasteiger partial charge in [0.05, 0.1) is 7.11 Å². The van der Waals surface area contributed by atoms with Crippen LogP contribution in [0.2, 0.25) is 0 Å². The molecule has 0 radical (unpaired) electrons. The van der Waals surface area contributed by atoms with Crippen molar-refractivity contribution in [3.63, 3.8) is 0 Å². The molecular formula is C16H24N2O3. The second kappa shape index (κ2) is 8.29. The lowest BCUT2D eigenvalue weighted by Crippen LogP contribution is -2.47. The lowest BCUT2D eigenvalue weighted by Gasteiger charge is -2.22. The summed E-state index contributed by atoms with van der Waals surface area (Å²) >= 11 is 0. The van der Waals surface area contributed by atoms with E-state index in [-0.39, 0.29) is 5.92 Å². The molecule has 0 aromatic heterocycles. The summed E-state index contributed by atoms with van der Waals surface area (Å²) in [5.74, 6) is -0.423. The molecule has 0 bridgehead atoms. The number of hydrogen-bond acceptors (Lipinski definition) is 3. The third-order valence-corrected chi connectivity index (χ3v) is 3.60. The van der Waals surface area contributed by atoms with Crippen molar-refractivity contribution < 1.29 is 14.3 Å². The number of benzene rings is 1. The molecule has 0 aliphatic rings. The van der Waals surface area contributed by atoms with Gasteiger partial charge in [-0.3, -0.25) is 0 Å². The first-order valence-corrected chi connectivity index (χ1v) is 7.26. The van der Waals surface area contributed by atoms with E-state index in [1.54, 1.807) is 0 Å². The van der Waals surface area contributed by atoms with Crippen molar-refractivity contribution in [2.45, 2.75) is 39.7 Å². The van der Waals surface area contributed by atoms with E-state index in [2.05, 4.69) is 10.6 Å². The van der Waals surface area contributed by atoms with E-state index in [0.29, 0.717) is 0 Å². The Bertz CT molecular complexity index is 488. The van der Waals surface area contributed by atoms with E-state index in [4.69, 9.17) is 4.74 Å². The quantitative estimate of drug-likeness (QED) is 0.792. The Kier molecular flexibility index (Phi) is 6.72. The highest BCUT2D eigenvalue weighted by atomic mass is 16.5. The number of aryl methyl sites for hydroxylation is 1. The highest BCUT2D eigenvalue weighted by Crippen LogP contribution is 2.16. The number of amides is 2. The van der Waals surface area contributed by atoms with Gasteiger partial charge in [0.2, 0.25) is 0 Å². The van der Waals surface area contributed by atoms with Crippen molar-refractivity contribution in [2.24, 2.45) is 5.92 Å². The van der Waals surface area contributed by atoms with Gasteiger partial charge in [-0.05, 0) is 24.0 Å². The zero-order valence-corrected chi connectivity index (χ0v) is 13.1. The molecule has 5 heteroatoms. The normalized spacial score (nSPS) is 13.1. The van der Waals surface area contributed by atoms with Crippen molar-refractivity contribution >= 4 is 17.7 Å². The fourth-order valence-electron chi connectivity index (χ4n) is 2.05. The Balaban J connectivity index is 2.76. The molecule has 0 saturated carbocycles. The molecule has 1 aromatic carbocycles. The predicted molar refractivity (Wildman–Crippen MR) is 83.2 cm³/mol. The first-order chi connectivity index (χ1) is 10.0. The van der Waals surface area contributed by atoms with Crippen LogP contribution in [0, 0.1) is 5.92 Å². The number of urea groups is 1. The van der Waals surface area contributed by atoms with E-state index in [1.807, 2.05) is 45.0 Å². The Morgan fingerprint density at radius 1 is 1.24 bits per heavy atom. The second-order valence-electron chi connectivity index (χ2n) is 5.00. The number of carbonyl (C=O) groups excluding carboxylic acids is 2. The molecular weight excluding hydrogens is 268 g/mol. The fraction of sp³-hybridized carbons (Fsp3) is 0.500. The maximum atomic E-state index is 12.1. The number of para-hydroxylation sites is 1. The minimum atomic E-state index is -0.645.